The van der Waals surface area contributed by atoms with Crippen LogP contribution in [0, 0.1) is 13.8 Å². The number of hydrogen-bond acceptors (Lipinski definition) is 3. The fourth-order valence-corrected chi connectivity index (χ4v) is 2.41. The molecule has 0 aliphatic rings. The van der Waals surface area contributed by atoms with Gasteiger partial charge in [0.05, 0.1) is 0 Å². The van der Waals surface area contributed by atoms with E-state index in [1.54, 1.807) is 31.3 Å². The highest BCUT2D eigenvalue weighted by atomic mass is 16.2. The Morgan fingerprint density at radius 1 is 0.923 bits per heavy atom. The molecule has 2 aromatic carbocycles. The zero-order valence-electron chi connectivity index (χ0n) is 15.2. The molecule has 0 unspecified atom stereocenters. The molecule has 26 heavy (non-hydrogen) atoms. The van der Waals surface area contributed by atoms with Crippen LogP contribution in [0.3, 0.4) is 0 Å². The lowest BCUT2D eigenvalue weighted by Gasteiger charge is -2.10. The summed E-state index contributed by atoms with van der Waals surface area (Å²) in [6, 6.07) is 12.5. The Morgan fingerprint density at radius 2 is 1.62 bits per heavy atom. The van der Waals surface area contributed by atoms with Crippen molar-refractivity contribution in [1.29, 1.82) is 0 Å². The van der Waals surface area contributed by atoms with E-state index >= 15 is 0 Å². The highest BCUT2D eigenvalue weighted by Crippen LogP contribution is 2.18. The number of rotatable bonds is 6. The highest BCUT2D eigenvalue weighted by molar-refractivity contribution is 6.03. The lowest BCUT2D eigenvalue weighted by Crippen LogP contribution is -2.28. The molecule has 6 heteroatoms. The lowest BCUT2D eigenvalue weighted by molar-refractivity contribution is -0.126. The van der Waals surface area contributed by atoms with Crippen LogP contribution >= 0.6 is 0 Å². The number of nitrogens with one attached hydrogen (secondary N) is 3. The average molecular weight is 353 g/mol. The van der Waals surface area contributed by atoms with Gasteiger partial charge in [-0.15, -0.1) is 0 Å². The zero-order chi connectivity index (χ0) is 19.1. The number of anilines is 1. The Kier molecular flexibility index (Phi) is 6.49. The molecule has 0 saturated carbocycles. The molecular weight excluding hydrogens is 330 g/mol. The molecule has 0 saturated heterocycles. The van der Waals surface area contributed by atoms with Gasteiger partial charge in [-0.25, -0.2) is 0 Å². The topological polar surface area (TPSA) is 87.3 Å². The molecule has 0 radical (unpaired) electrons. The second-order valence-electron chi connectivity index (χ2n) is 6.03. The van der Waals surface area contributed by atoms with Crippen LogP contribution in [0.4, 0.5) is 5.69 Å². The molecule has 0 fully saturated rings. The number of carbonyl (C=O) groups excluding carboxylic acids is 3. The molecule has 0 aromatic heterocycles. The summed E-state index contributed by atoms with van der Waals surface area (Å²) in [5.74, 6) is -0.877. The van der Waals surface area contributed by atoms with Gasteiger partial charge in [0.25, 0.3) is 5.91 Å². The second-order valence-corrected chi connectivity index (χ2v) is 6.03. The number of carbonyl (C=O) groups is 3. The molecule has 0 bridgehead atoms. The first-order valence-electron chi connectivity index (χ1n) is 8.34. The maximum atomic E-state index is 12.0. The van der Waals surface area contributed by atoms with Gasteiger partial charge in [0, 0.05) is 24.8 Å². The predicted octanol–water partition coefficient (Wildman–Crippen LogP) is 2.31. The van der Waals surface area contributed by atoms with E-state index in [0.717, 1.165) is 16.7 Å². The number of hydrogen-bond donors (Lipinski definition) is 3. The molecule has 0 spiro atoms. The normalized spacial score (nSPS) is 10.1. The third kappa shape index (κ3) is 5.17. The summed E-state index contributed by atoms with van der Waals surface area (Å²) in [5, 5.41) is 8.01. The monoisotopic (exact) mass is 353 g/mol. The lowest BCUT2D eigenvalue weighted by atomic mass is 10.1. The second kappa shape index (κ2) is 8.80. The summed E-state index contributed by atoms with van der Waals surface area (Å²) in [6.07, 6.45) is -0.246. The Morgan fingerprint density at radius 3 is 2.27 bits per heavy atom. The third-order valence-corrected chi connectivity index (χ3v) is 4.13. The maximum Gasteiger partial charge on any atom is 0.251 e. The molecule has 3 N–H and O–H groups in total. The number of benzene rings is 2. The van der Waals surface area contributed by atoms with Crippen LogP contribution in [0.1, 0.15) is 33.5 Å². The summed E-state index contributed by atoms with van der Waals surface area (Å²) < 4.78 is 0. The largest absolute Gasteiger partial charge is 0.355 e. The minimum atomic E-state index is -0.358. The Labute approximate surface area is 153 Å². The Balaban J connectivity index is 1.83. The van der Waals surface area contributed by atoms with E-state index in [1.807, 2.05) is 32.0 Å². The third-order valence-electron chi connectivity index (χ3n) is 4.13. The predicted molar refractivity (Wildman–Crippen MR) is 101 cm³/mol. The molecule has 0 aliphatic heterocycles. The zero-order valence-corrected chi connectivity index (χ0v) is 15.2. The molecule has 0 heterocycles. The van der Waals surface area contributed by atoms with Crippen LogP contribution in [0.2, 0.25) is 0 Å². The van der Waals surface area contributed by atoms with Gasteiger partial charge in [0.15, 0.2) is 0 Å². The minimum absolute atomic E-state index is 0.163. The summed E-state index contributed by atoms with van der Waals surface area (Å²) in [6.45, 7) is 4.18. The maximum absolute atomic E-state index is 12.0. The van der Waals surface area contributed by atoms with E-state index in [2.05, 4.69) is 16.0 Å². The molecule has 6 nitrogen and oxygen atoms in total. The Hall–Kier alpha value is -3.15. The molecular formula is C20H23N3O3. The van der Waals surface area contributed by atoms with Crippen molar-refractivity contribution < 1.29 is 14.4 Å². The van der Waals surface area contributed by atoms with Gasteiger partial charge in [-0.2, -0.15) is 0 Å². The van der Waals surface area contributed by atoms with Gasteiger partial charge in [-0.3, -0.25) is 14.4 Å². The summed E-state index contributed by atoms with van der Waals surface area (Å²) in [7, 11) is 1.57. The molecule has 0 atom stereocenters. The van der Waals surface area contributed by atoms with Crippen molar-refractivity contribution in [2.24, 2.45) is 0 Å². The van der Waals surface area contributed by atoms with Gasteiger partial charge in [-0.05, 0) is 48.7 Å². The van der Waals surface area contributed by atoms with E-state index in [9.17, 15) is 14.4 Å². The van der Waals surface area contributed by atoms with E-state index in [1.165, 1.54) is 0 Å². The molecule has 136 valence electrons. The van der Waals surface area contributed by atoms with Crippen molar-refractivity contribution in [2.75, 3.05) is 12.4 Å². The first kappa shape index (κ1) is 19.2. The highest BCUT2D eigenvalue weighted by Gasteiger charge is 2.11. The van der Waals surface area contributed by atoms with E-state index in [-0.39, 0.29) is 24.1 Å². The SMILES string of the molecule is CNC(=O)c1ccc(CNC(=O)CC(=O)Nc2cccc(C)c2C)cc1. The van der Waals surface area contributed by atoms with Crippen LogP contribution in [-0.4, -0.2) is 24.8 Å². The van der Waals surface area contributed by atoms with Gasteiger partial charge >= 0.3 is 0 Å². The summed E-state index contributed by atoms with van der Waals surface area (Å²) in [5.41, 5.74) is 4.17. The molecule has 2 aromatic rings. The summed E-state index contributed by atoms with van der Waals surface area (Å²) >= 11 is 0. The smallest absolute Gasteiger partial charge is 0.251 e. The van der Waals surface area contributed by atoms with Crippen molar-refractivity contribution in [3.05, 3.63) is 64.7 Å². The van der Waals surface area contributed by atoms with Crippen molar-refractivity contribution in [1.82, 2.24) is 10.6 Å². The van der Waals surface area contributed by atoms with Gasteiger partial charge < -0.3 is 16.0 Å². The summed E-state index contributed by atoms with van der Waals surface area (Å²) in [4.78, 5) is 35.5. The fraction of sp³-hybridized carbons (Fsp3) is 0.250. The van der Waals surface area contributed by atoms with Crippen LogP contribution in [-0.2, 0) is 16.1 Å². The fourth-order valence-electron chi connectivity index (χ4n) is 2.41. The van der Waals surface area contributed by atoms with Gasteiger partial charge in [0.2, 0.25) is 11.8 Å². The van der Waals surface area contributed by atoms with Crippen LogP contribution in [0.25, 0.3) is 0 Å². The Bertz CT molecular complexity index is 814. The molecule has 0 aliphatic carbocycles. The first-order chi connectivity index (χ1) is 12.4. The van der Waals surface area contributed by atoms with Crippen LogP contribution < -0.4 is 16.0 Å². The van der Waals surface area contributed by atoms with E-state index in [0.29, 0.717) is 17.8 Å². The molecule has 2 rings (SSSR count). The molecule has 3 amide bonds. The van der Waals surface area contributed by atoms with Crippen molar-refractivity contribution in [3.63, 3.8) is 0 Å². The van der Waals surface area contributed by atoms with Gasteiger partial charge in [-0.1, -0.05) is 24.3 Å². The van der Waals surface area contributed by atoms with Gasteiger partial charge in [0.1, 0.15) is 6.42 Å². The first-order valence-corrected chi connectivity index (χ1v) is 8.34. The van der Waals surface area contributed by atoms with Crippen LogP contribution in [0.15, 0.2) is 42.5 Å². The minimum Gasteiger partial charge on any atom is -0.355 e. The van der Waals surface area contributed by atoms with Crippen molar-refractivity contribution in [3.8, 4) is 0 Å². The number of aryl methyl sites for hydroxylation is 1. The average Bonchev–Trinajstić information content (AvgIpc) is 2.63. The van der Waals surface area contributed by atoms with E-state index < -0.39 is 0 Å². The van der Waals surface area contributed by atoms with Crippen molar-refractivity contribution >= 4 is 23.4 Å². The quantitative estimate of drug-likeness (QED) is 0.697. The standard InChI is InChI=1S/C20H23N3O3/c1-13-5-4-6-17(14(13)2)23-19(25)11-18(24)22-12-15-7-9-16(10-8-15)20(26)21-3/h4-10H,11-12H2,1-3H3,(H,21,26)(H,22,24)(H,23,25). The van der Waals surface area contributed by atoms with Crippen molar-refractivity contribution in [2.45, 2.75) is 26.8 Å². The number of amides is 3. The van der Waals surface area contributed by atoms with Crippen LogP contribution in [0.5, 0.6) is 0 Å². The van der Waals surface area contributed by atoms with E-state index in [4.69, 9.17) is 0 Å².